The van der Waals surface area contributed by atoms with E-state index in [2.05, 4.69) is 10.2 Å². The third kappa shape index (κ3) is 4.33. The van der Waals surface area contributed by atoms with Crippen LogP contribution in [0.4, 0.5) is 0 Å². The molecule has 0 aliphatic carbocycles. The quantitative estimate of drug-likeness (QED) is 0.270. The van der Waals surface area contributed by atoms with Crippen LogP contribution in [0.15, 0.2) is 94.5 Å². The lowest BCUT2D eigenvalue weighted by Gasteiger charge is -2.18. The number of nitrogens with zero attached hydrogens (tertiary/aromatic N) is 2. The number of hydrogen-bond acceptors (Lipinski definition) is 4. The fourth-order valence-electron chi connectivity index (χ4n) is 4.74. The van der Waals surface area contributed by atoms with Crippen molar-refractivity contribution in [1.29, 1.82) is 0 Å². The Bertz CT molecular complexity index is 1590. The molecule has 0 bridgehead atoms. The molecule has 0 unspecified atom stereocenters. The van der Waals surface area contributed by atoms with Crippen LogP contribution in [0, 0.1) is 13.8 Å². The average Bonchev–Trinajstić information content (AvgIpc) is 3.36. The summed E-state index contributed by atoms with van der Waals surface area (Å²) in [5.74, 6) is -1.01. The van der Waals surface area contributed by atoms with E-state index in [9.17, 15) is 14.4 Å². The Labute approximate surface area is 212 Å². The van der Waals surface area contributed by atoms with Gasteiger partial charge in [0.25, 0.3) is 11.1 Å². The van der Waals surface area contributed by atoms with E-state index in [1.54, 1.807) is 38.1 Å². The second kappa shape index (κ2) is 9.66. The Balaban J connectivity index is 1.81. The first-order chi connectivity index (χ1) is 17.9. The summed E-state index contributed by atoms with van der Waals surface area (Å²) in [6.45, 7) is 4.92. The number of rotatable bonds is 6. The molecule has 0 fully saturated rings. The van der Waals surface area contributed by atoms with Crippen molar-refractivity contribution in [2.24, 2.45) is 0 Å². The zero-order valence-electron chi connectivity index (χ0n) is 20.7. The molecule has 5 rings (SSSR count). The van der Waals surface area contributed by atoms with Crippen molar-refractivity contribution in [1.82, 2.24) is 19.6 Å². The van der Waals surface area contributed by atoms with Crippen LogP contribution in [0.5, 0.6) is 5.75 Å². The number of benzene rings is 3. The number of hydrogen-bond donors (Lipinski definition) is 2. The normalized spacial score (nSPS) is 11.1. The van der Waals surface area contributed by atoms with E-state index in [-0.39, 0.29) is 16.9 Å². The molecular weight excluding hydrogens is 468 g/mol. The number of nitrogens with one attached hydrogen (secondary N) is 2. The molecule has 0 saturated heterocycles. The molecule has 2 heterocycles. The number of para-hydroxylation sites is 3. The summed E-state index contributed by atoms with van der Waals surface area (Å²) in [5, 5.41) is 6.33. The van der Waals surface area contributed by atoms with Crippen LogP contribution in [0.2, 0.25) is 0 Å². The monoisotopic (exact) mass is 494 g/mol. The number of aromatic nitrogens is 4. The van der Waals surface area contributed by atoms with Crippen LogP contribution in [0.25, 0.3) is 11.4 Å². The molecule has 2 N–H and O–H groups in total. The summed E-state index contributed by atoms with van der Waals surface area (Å²) >= 11 is 0. The molecule has 8 heteroatoms. The predicted molar refractivity (Wildman–Crippen MR) is 141 cm³/mol. The highest BCUT2D eigenvalue weighted by atomic mass is 16.5. The Kier molecular flexibility index (Phi) is 6.23. The van der Waals surface area contributed by atoms with Gasteiger partial charge in [0.05, 0.1) is 28.4 Å². The minimum atomic E-state index is -0.807. The standard InChI is InChI=1S/C29H26N4O4/c1-18-25(28(35)32(30-18)21-12-6-4-7-13-21)27(23-16-10-11-17-24(23)37-20(3)34)26-19(2)31-33(29(26)36)22-14-8-5-9-15-22/h4-17,27,30-31H,1-3H3. The van der Waals surface area contributed by atoms with E-state index in [1.807, 2.05) is 60.7 Å². The van der Waals surface area contributed by atoms with Crippen molar-refractivity contribution in [3.05, 3.63) is 134 Å². The van der Waals surface area contributed by atoms with E-state index in [0.29, 0.717) is 39.5 Å². The molecule has 5 aromatic rings. The van der Waals surface area contributed by atoms with Gasteiger partial charge in [-0.25, -0.2) is 9.36 Å². The SMILES string of the molecule is CC(=O)Oc1ccccc1C(c1c(C)[nH]n(-c2ccccc2)c1=O)c1c(C)[nH]n(-c2ccccc2)c1=O. The minimum absolute atomic E-state index is 0.289. The lowest BCUT2D eigenvalue weighted by molar-refractivity contribution is -0.131. The minimum Gasteiger partial charge on any atom is -0.426 e. The summed E-state index contributed by atoms with van der Waals surface area (Å²) in [6, 6.07) is 25.4. The Morgan fingerprint density at radius 2 is 1.14 bits per heavy atom. The molecule has 0 aliphatic rings. The number of carbonyl (C=O) groups excluding carboxylic acids is 1. The highest BCUT2D eigenvalue weighted by Gasteiger charge is 2.33. The summed E-state index contributed by atoms with van der Waals surface area (Å²) in [7, 11) is 0. The van der Waals surface area contributed by atoms with Gasteiger partial charge in [-0.1, -0.05) is 54.6 Å². The first-order valence-electron chi connectivity index (χ1n) is 11.9. The van der Waals surface area contributed by atoms with Gasteiger partial charge in [0.2, 0.25) is 0 Å². The van der Waals surface area contributed by atoms with E-state index >= 15 is 0 Å². The Morgan fingerprint density at radius 3 is 1.59 bits per heavy atom. The van der Waals surface area contributed by atoms with Crippen molar-refractivity contribution in [3.8, 4) is 17.1 Å². The van der Waals surface area contributed by atoms with Crippen LogP contribution in [0.1, 0.15) is 40.9 Å². The molecule has 0 atom stereocenters. The van der Waals surface area contributed by atoms with Crippen molar-refractivity contribution >= 4 is 5.97 Å². The first-order valence-corrected chi connectivity index (χ1v) is 11.9. The highest BCUT2D eigenvalue weighted by Crippen LogP contribution is 2.37. The lowest BCUT2D eigenvalue weighted by atomic mass is 9.84. The number of ether oxygens (including phenoxy) is 1. The van der Waals surface area contributed by atoms with Gasteiger partial charge in [0.1, 0.15) is 5.75 Å². The van der Waals surface area contributed by atoms with Crippen molar-refractivity contribution in [3.63, 3.8) is 0 Å². The van der Waals surface area contributed by atoms with Gasteiger partial charge >= 0.3 is 5.97 Å². The molecule has 0 aliphatic heterocycles. The third-order valence-electron chi connectivity index (χ3n) is 6.32. The summed E-state index contributed by atoms with van der Waals surface area (Å²) in [5.41, 5.74) is 3.27. The summed E-state index contributed by atoms with van der Waals surface area (Å²) in [6.07, 6.45) is 0. The number of H-pyrrole nitrogens is 2. The zero-order chi connectivity index (χ0) is 26.1. The number of esters is 1. The van der Waals surface area contributed by atoms with E-state index in [0.717, 1.165) is 0 Å². The molecule has 37 heavy (non-hydrogen) atoms. The Morgan fingerprint density at radius 1 is 0.703 bits per heavy atom. The number of aryl methyl sites for hydroxylation is 2. The van der Waals surface area contributed by atoms with Gasteiger partial charge in [0.15, 0.2) is 0 Å². The van der Waals surface area contributed by atoms with Crippen molar-refractivity contribution in [2.75, 3.05) is 0 Å². The number of carbonyl (C=O) groups is 1. The third-order valence-corrected chi connectivity index (χ3v) is 6.32. The van der Waals surface area contributed by atoms with Crippen LogP contribution >= 0.6 is 0 Å². The molecule has 0 amide bonds. The molecule has 186 valence electrons. The maximum atomic E-state index is 13.9. The maximum Gasteiger partial charge on any atom is 0.308 e. The Hall–Kier alpha value is -4.85. The lowest BCUT2D eigenvalue weighted by Crippen LogP contribution is -2.26. The van der Waals surface area contributed by atoms with Gasteiger partial charge in [-0.2, -0.15) is 0 Å². The van der Waals surface area contributed by atoms with E-state index in [1.165, 1.54) is 16.3 Å². The van der Waals surface area contributed by atoms with Gasteiger partial charge in [-0.3, -0.25) is 24.6 Å². The zero-order valence-corrected chi connectivity index (χ0v) is 20.7. The number of aromatic amines is 2. The largest absolute Gasteiger partial charge is 0.426 e. The van der Waals surface area contributed by atoms with Gasteiger partial charge in [-0.05, 0) is 44.2 Å². The smallest absolute Gasteiger partial charge is 0.308 e. The first kappa shape index (κ1) is 23.9. The van der Waals surface area contributed by atoms with Crippen LogP contribution in [-0.2, 0) is 4.79 Å². The second-order valence-electron chi connectivity index (χ2n) is 8.82. The molecule has 2 aromatic heterocycles. The molecular formula is C29H26N4O4. The van der Waals surface area contributed by atoms with E-state index in [4.69, 9.17) is 4.74 Å². The van der Waals surface area contributed by atoms with Crippen LogP contribution in [-0.4, -0.2) is 25.5 Å². The topological polar surface area (TPSA) is 102 Å². The van der Waals surface area contributed by atoms with Gasteiger partial charge in [0, 0.05) is 23.9 Å². The molecule has 0 radical (unpaired) electrons. The van der Waals surface area contributed by atoms with Gasteiger partial charge in [-0.15, -0.1) is 0 Å². The van der Waals surface area contributed by atoms with Crippen LogP contribution in [0.3, 0.4) is 0 Å². The summed E-state index contributed by atoms with van der Waals surface area (Å²) in [4.78, 5) is 39.8. The van der Waals surface area contributed by atoms with Gasteiger partial charge < -0.3 is 4.74 Å². The molecule has 0 spiro atoms. The fourth-order valence-corrected chi connectivity index (χ4v) is 4.74. The van der Waals surface area contributed by atoms with Crippen molar-refractivity contribution in [2.45, 2.75) is 26.7 Å². The highest BCUT2D eigenvalue weighted by molar-refractivity contribution is 5.70. The fraction of sp³-hybridized carbons (Fsp3) is 0.138. The molecule has 8 nitrogen and oxygen atoms in total. The predicted octanol–water partition coefficient (Wildman–Crippen LogP) is 4.37. The van der Waals surface area contributed by atoms with Crippen molar-refractivity contribution < 1.29 is 9.53 Å². The van der Waals surface area contributed by atoms with Crippen LogP contribution < -0.4 is 15.9 Å². The average molecular weight is 495 g/mol. The molecule has 0 saturated carbocycles. The second-order valence-corrected chi connectivity index (χ2v) is 8.82. The maximum absolute atomic E-state index is 13.9. The molecule has 3 aromatic carbocycles. The van der Waals surface area contributed by atoms with E-state index < -0.39 is 11.9 Å². The summed E-state index contributed by atoms with van der Waals surface area (Å²) < 4.78 is 8.46.